The zero-order chi connectivity index (χ0) is 27.9. The molecule has 6 rings (SSSR count). The first-order valence-electron chi connectivity index (χ1n) is 13.9. The lowest BCUT2D eigenvalue weighted by molar-refractivity contribution is 0.0783. The second-order valence-electron chi connectivity index (χ2n) is 11.3. The van der Waals surface area contributed by atoms with Gasteiger partial charge in [0.1, 0.15) is 23.3 Å². The van der Waals surface area contributed by atoms with Crippen molar-refractivity contribution in [1.82, 2.24) is 20.3 Å². The van der Waals surface area contributed by atoms with Crippen LogP contribution in [0.1, 0.15) is 81.8 Å². The van der Waals surface area contributed by atoms with Crippen molar-refractivity contribution in [2.24, 2.45) is 0 Å². The van der Waals surface area contributed by atoms with Gasteiger partial charge in [0.25, 0.3) is 0 Å². The molecular formula is C32H34N4O3S. The van der Waals surface area contributed by atoms with Crippen LogP contribution in [-0.2, 0) is 42.6 Å². The summed E-state index contributed by atoms with van der Waals surface area (Å²) in [4.78, 5) is 28.4. The summed E-state index contributed by atoms with van der Waals surface area (Å²) in [5, 5.41) is 14.2. The minimum atomic E-state index is -1.10. The minimum absolute atomic E-state index is 0.160. The van der Waals surface area contributed by atoms with Crippen LogP contribution >= 0.6 is 11.3 Å². The molecule has 0 spiro atoms. The topological polar surface area (TPSA) is 97.2 Å². The fraction of sp³-hybridized carbons (Fsp3) is 0.375. The van der Waals surface area contributed by atoms with Gasteiger partial charge in [-0.05, 0) is 93.2 Å². The Balaban J connectivity index is 1.39. The number of hydrogen-bond donors (Lipinski definition) is 2. The number of aromatic nitrogens is 3. The van der Waals surface area contributed by atoms with Gasteiger partial charge < -0.3 is 15.2 Å². The molecule has 0 saturated carbocycles. The van der Waals surface area contributed by atoms with Crippen LogP contribution in [0.2, 0.25) is 0 Å². The maximum atomic E-state index is 13.1. The monoisotopic (exact) mass is 554 g/mol. The van der Waals surface area contributed by atoms with Gasteiger partial charge in [-0.2, -0.15) is 0 Å². The molecule has 2 heterocycles. The lowest BCUT2D eigenvalue weighted by Crippen LogP contribution is -2.30. The Morgan fingerprint density at radius 3 is 2.40 bits per heavy atom. The molecule has 2 aromatic carbocycles. The Kier molecular flexibility index (Phi) is 7.15. The Labute approximate surface area is 238 Å². The van der Waals surface area contributed by atoms with Gasteiger partial charge in [-0.3, -0.25) is 0 Å². The number of nitrogens with one attached hydrogen (secondary N) is 1. The normalized spacial score (nSPS) is 15.0. The van der Waals surface area contributed by atoms with Crippen LogP contribution in [0.4, 0.5) is 4.79 Å². The zero-order valence-corrected chi connectivity index (χ0v) is 24.0. The summed E-state index contributed by atoms with van der Waals surface area (Å²) in [6.45, 7) is 5.54. The van der Waals surface area contributed by atoms with E-state index in [-0.39, 0.29) is 6.61 Å². The van der Waals surface area contributed by atoms with E-state index >= 15 is 0 Å². The number of nitrogens with zero attached hydrogens (tertiary/aromatic N) is 3. The van der Waals surface area contributed by atoms with Crippen LogP contribution in [-0.4, -0.2) is 26.2 Å². The molecule has 2 aliphatic carbocycles. The van der Waals surface area contributed by atoms with Gasteiger partial charge >= 0.3 is 6.09 Å². The van der Waals surface area contributed by atoms with E-state index in [2.05, 4.69) is 16.4 Å². The fourth-order valence-electron chi connectivity index (χ4n) is 5.82. The lowest BCUT2D eigenvalue weighted by atomic mass is 9.93. The number of carbonyl (C=O) groups is 1. The molecule has 2 aromatic heterocycles. The average Bonchev–Trinajstić information content (AvgIpc) is 3.70. The number of thiazole rings is 1. The molecule has 206 valence electrons. The van der Waals surface area contributed by atoms with Crippen molar-refractivity contribution in [2.45, 2.75) is 77.5 Å². The highest BCUT2D eigenvalue weighted by Crippen LogP contribution is 2.40. The number of hydrogen-bond acceptors (Lipinski definition) is 7. The van der Waals surface area contributed by atoms with Gasteiger partial charge in [-0.1, -0.05) is 36.4 Å². The van der Waals surface area contributed by atoms with Crippen LogP contribution in [0.5, 0.6) is 0 Å². The Morgan fingerprint density at radius 1 is 1.05 bits per heavy atom. The predicted octanol–water partition coefficient (Wildman–Crippen LogP) is 6.13. The third-order valence-corrected chi connectivity index (χ3v) is 9.05. The summed E-state index contributed by atoms with van der Waals surface area (Å²) in [5.41, 5.74) is 8.13. The van der Waals surface area contributed by atoms with Gasteiger partial charge in [0.05, 0.1) is 10.6 Å². The van der Waals surface area contributed by atoms with Crippen LogP contribution in [0.25, 0.3) is 11.4 Å². The van der Waals surface area contributed by atoms with Gasteiger partial charge in [0.2, 0.25) is 0 Å². The maximum absolute atomic E-state index is 13.1. The van der Waals surface area contributed by atoms with Crippen molar-refractivity contribution >= 4 is 17.4 Å². The highest BCUT2D eigenvalue weighted by atomic mass is 32.1. The molecular weight excluding hydrogens is 520 g/mol. The van der Waals surface area contributed by atoms with Crippen LogP contribution in [0.3, 0.4) is 0 Å². The number of amides is 1. The summed E-state index contributed by atoms with van der Waals surface area (Å²) in [5.74, 6) is 0.726. The van der Waals surface area contributed by atoms with Crippen molar-refractivity contribution in [3.8, 4) is 11.4 Å². The van der Waals surface area contributed by atoms with E-state index in [0.29, 0.717) is 10.7 Å². The van der Waals surface area contributed by atoms with Crippen LogP contribution < -0.4 is 5.32 Å². The van der Waals surface area contributed by atoms with Gasteiger partial charge in [-0.25, -0.2) is 19.7 Å². The maximum Gasteiger partial charge on any atom is 0.408 e. The van der Waals surface area contributed by atoms with Gasteiger partial charge in [0, 0.05) is 17.5 Å². The summed E-state index contributed by atoms with van der Waals surface area (Å²) >= 11 is 1.36. The molecule has 0 saturated heterocycles. The number of ether oxygens (including phenoxy) is 1. The number of fused-ring (bicyclic) bond motifs is 2. The lowest BCUT2D eigenvalue weighted by Gasteiger charge is -2.20. The van der Waals surface area contributed by atoms with E-state index < -0.39 is 17.7 Å². The molecule has 8 heteroatoms. The van der Waals surface area contributed by atoms with Gasteiger partial charge in [-0.15, -0.1) is 11.3 Å². The summed E-state index contributed by atoms with van der Waals surface area (Å²) < 4.78 is 5.58. The van der Waals surface area contributed by atoms with Crippen molar-refractivity contribution in [3.63, 3.8) is 0 Å². The third-order valence-electron chi connectivity index (χ3n) is 7.67. The molecule has 2 aliphatic rings. The molecule has 2 N–H and O–H groups in total. The van der Waals surface area contributed by atoms with Crippen molar-refractivity contribution in [2.75, 3.05) is 0 Å². The molecule has 1 amide bonds. The molecule has 1 unspecified atom stereocenters. The van der Waals surface area contributed by atoms with Crippen LogP contribution in [0.15, 0.2) is 48.7 Å². The number of aryl methyl sites for hydroxylation is 3. The third kappa shape index (κ3) is 5.38. The first-order chi connectivity index (χ1) is 19.3. The Bertz CT molecular complexity index is 1530. The number of aliphatic hydroxyl groups is 1. The molecule has 0 radical (unpaired) electrons. The SMILES string of the molecule is Cc1cc(C(NC(=O)OCc2ccccc2)c2cnc(C(C)(C)O)s2)nc(-c2c3c(cc4c2CCC4)CCC3)n1. The molecule has 1 atom stereocenters. The molecule has 7 nitrogen and oxygen atoms in total. The summed E-state index contributed by atoms with van der Waals surface area (Å²) in [6.07, 6.45) is 7.76. The average molecular weight is 555 g/mol. The number of rotatable bonds is 7. The number of benzene rings is 2. The largest absolute Gasteiger partial charge is 0.445 e. The fourth-order valence-corrected chi connectivity index (χ4v) is 6.80. The van der Waals surface area contributed by atoms with E-state index in [0.717, 1.165) is 60.5 Å². The molecule has 4 aromatic rings. The standard InChI is InChI=1S/C32H34N4O3S/c1-19-15-25(35-29(34-19)27-23-13-7-11-21(23)16-22-12-8-14-24(22)27)28(26-17-33-30(40-26)32(2,3)38)36-31(37)39-18-20-9-5-4-6-10-20/h4-6,9-10,15-17,28,38H,7-8,11-14,18H2,1-3H3,(H,36,37). The second kappa shape index (κ2) is 10.7. The first-order valence-corrected chi connectivity index (χ1v) is 14.8. The summed E-state index contributed by atoms with van der Waals surface area (Å²) in [7, 11) is 0. The van der Waals surface area contributed by atoms with E-state index in [4.69, 9.17) is 14.7 Å². The predicted molar refractivity (Wildman–Crippen MR) is 155 cm³/mol. The molecule has 40 heavy (non-hydrogen) atoms. The zero-order valence-electron chi connectivity index (χ0n) is 23.2. The summed E-state index contributed by atoms with van der Waals surface area (Å²) in [6, 6.07) is 13.3. The van der Waals surface area contributed by atoms with Crippen molar-refractivity contribution in [1.29, 1.82) is 0 Å². The van der Waals surface area contributed by atoms with Gasteiger partial charge in [0.15, 0.2) is 5.82 Å². The highest BCUT2D eigenvalue weighted by Gasteiger charge is 2.30. The van der Waals surface area contributed by atoms with Crippen LogP contribution in [0, 0.1) is 6.92 Å². The molecule has 0 bridgehead atoms. The molecule has 0 fully saturated rings. The smallest absolute Gasteiger partial charge is 0.408 e. The number of carbonyl (C=O) groups excluding carboxylic acids is 1. The van der Waals surface area contributed by atoms with Crippen molar-refractivity contribution in [3.05, 3.63) is 97.8 Å². The molecule has 0 aliphatic heterocycles. The van der Waals surface area contributed by atoms with E-state index in [9.17, 15) is 9.90 Å². The Morgan fingerprint density at radius 2 is 1.75 bits per heavy atom. The Hall–Kier alpha value is -3.62. The van der Waals surface area contributed by atoms with E-state index in [1.165, 1.54) is 39.2 Å². The van der Waals surface area contributed by atoms with E-state index in [1.807, 2.05) is 43.3 Å². The first kappa shape index (κ1) is 26.6. The van der Waals surface area contributed by atoms with Crippen molar-refractivity contribution < 1.29 is 14.6 Å². The highest BCUT2D eigenvalue weighted by molar-refractivity contribution is 7.11. The quantitative estimate of drug-likeness (QED) is 0.285. The second-order valence-corrected chi connectivity index (χ2v) is 12.3. The number of alkyl carbamates (subject to hydrolysis) is 1. The van der Waals surface area contributed by atoms with E-state index in [1.54, 1.807) is 20.0 Å². The minimum Gasteiger partial charge on any atom is -0.445 e.